The van der Waals surface area contributed by atoms with Crippen LogP contribution in [0.5, 0.6) is 0 Å². The predicted octanol–water partition coefficient (Wildman–Crippen LogP) is 8.30. The molecule has 1 atom stereocenters. The molecule has 0 aliphatic rings. The van der Waals surface area contributed by atoms with Gasteiger partial charge in [-0.2, -0.15) is 0 Å². The van der Waals surface area contributed by atoms with Gasteiger partial charge in [0.2, 0.25) is 5.90 Å². The number of nitrogens with zero attached hydrogens (tertiary/aromatic N) is 3. The van der Waals surface area contributed by atoms with Crippen molar-refractivity contribution >= 4 is 29.7 Å². The van der Waals surface area contributed by atoms with Crippen molar-refractivity contribution < 1.29 is 9.47 Å². The van der Waals surface area contributed by atoms with Crippen LogP contribution in [0, 0.1) is 0 Å². The molecule has 0 aliphatic heterocycles. The minimum absolute atomic E-state index is 0.360. The van der Waals surface area contributed by atoms with Crippen LogP contribution in [0.2, 0.25) is 0 Å². The van der Waals surface area contributed by atoms with Crippen molar-refractivity contribution in [2.75, 3.05) is 14.2 Å². The summed E-state index contributed by atoms with van der Waals surface area (Å²) in [5.74, 6) is 1.84. The van der Waals surface area contributed by atoms with Gasteiger partial charge < -0.3 is 9.47 Å². The van der Waals surface area contributed by atoms with Gasteiger partial charge in [-0.3, -0.25) is 9.98 Å². The molecule has 0 N–H and O–H groups in total. The number of ether oxygens (including phenoxy) is 2. The molecule has 0 amide bonds. The third-order valence-electron chi connectivity index (χ3n) is 6.03. The average Bonchev–Trinajstić information content (AvgIpc) is 2.82. The zero-order chi connectivity index (χ0) is 26.1. The third-order valence-corrected chi connectivity index (χ3v) is 6.03. The van der Waals surface area contributed by atoms with E-state index < -0.39 is 6.23 Å². The van der Waals surface area contributed by atoms with Gasteiger partial charge in [0.05, 0.1) is 30.9 Å². The summed E-state index contributed by atoms with van der Waals surface area (Å²) in [7, 11) is 3.21. The minimum Gasteiger partial charge on any atom is -0.480 e. The van der Waals surface area contributed by atoms with Crippen molar-refractivity contribution in [2.24, 2.45) is 15.0 Å². The summed E-state index contributed by atoms with van der Waals surface area (Å²) in [6.45, 7) is 17.5. The topological polar surface area (TPSA) is 55.5 Å². The molecule has 2 aromatic carbocycles. The van der Waals surface area contributed by atoms with Crippen molar-refractivity contribution in [3.63, 3.8) is 0 Å². The molecular weight excluding hydrogens is 434 g/mol. The Balaban J connectivity index is 2.43. The van der Waals surface area contributed by atoms with Crippen LogP contribution in [0.25, 0.3) is 0 Å². The minimum atomic E-state index is -0.596. The molecule has 2 aromatic rings. The maximum atomic E-state index is 5.60. The lowest BCUT2D eigenvalue weighted by Crippen LogP contribution is -2.15. The molecule has 2 rings (SSSR count). The van der Waals surface area contributed by atoms with E-state index >= 15 is 0 Å². The van der Waals surface area contributed by atoms with Gasteiger partial charge in [0.15, 0.2) is 6.23 Å². The summed E-state index contributed by atoms with van der Waals surface area (Å²) < 4.78 is 11.1. The molecule has 0 spiro atoms. The molecule has 0 bridgehead atoms. The number of benzene rings is 2. The second kappa shape index (κ2) is 13.3. The van der Waals surface area contributed by atoms with E-state index in [0.29, 0.717) is 29.6 Å². The highest BCUT2D eigenvalue weighted by molar-refractivity contribution is 6.27. The number of para-hydroxylation sites is 2. The lowest BCUT2D eigenvalue weighted by Gasteiger charge is -2.17. The van der Waals surface area contributed by atoms with E-state index in [-0.39, 0.29) is 0 Å². The molecule has 35 heavy (non-hydrogen) atoms. The van der Waals surface area contributed by atoms with E-state index in [1.54, 1.807) is 26.6 Å². The summed E-state index contributed by atoms with van der Waals surface area (Å²) in [5.41, 5.74) is 6.82. The summed E-state index contributed by atoms with van der Waals surface area (Å²) >= 11 is 0. The van der Waals surface area contributed by atoms with Gasteiger partial charge in [-0.1, -0.05) is 91.8 Å². The molecule has 0 aromatic heterocycles. The van der Waals surface area contributed by atoms with Gasteiger partial charge in [-0.25, -0.2) is 4.99 Å². The molecule has 190 valence electrons. The van der Waals surface area contributed by atoms with Gasteiger partial charge in [-0.15, -0.1) is 0 Å². The molecule has 0 radical (unpaired) electrons. The van der Waals surface area contributed by atoms with Crippen LogP contribution in [0.15, 0.2) is 51.4 Å². The smallest absolute Gasteiger partial charge is 0.230 e. The second-order valence-electron chi connectivity index (χ2n) is 10.0. The SMILES string of the molecule is CO/C(C=Nc1c(C(C)C)cccc1C(C)C)=N/C(C=Nc1c(C(C)C)cccc1C(C)C)OC. The highest BCUT2D eigenvalue weighted by Gasteiger charge is 2.15. The highest BCUT2D eigenvalue weighted by atomic mass is 16.5. The standard InChI is InChI=1S/C30H43N3O2/c1-19(2)23-13-11-14-24(20(3)4)29(23)31-17-27(34-9)33-28(35-10)18-32-30-25(21(5)6)15-12-16-26(30)22(7)8/h11-22,27H,1-10H3/b31-17?,32-18?,33-28+. The first kappa shape index (κ1) is 28.4. The number of hydrogen-bond acceptors (Lipinski definition) is 5. The van der Waals surface area contributed by atoms with Crippen LogP contribution in [0.3, 0.4) is 0 Å². The van der Waals surface area contributed by atoms with Crippen molar-refractivity contribution in [2.45, 2.75) is 85.3 Å². The van der Waals surface area contributed by atoms with Crippen LogP contribution >= 0.6 is 0 Å². The Morgan fingerprint density at radius 3 is 1.40 bits per heavy atom. The molecule has 0 saturated carbocycles. The maximum Gasteiger partial charge on any atom is 0.230 e. The molecular formula is C30H43N3O2. The Morgan fingerprint density at radius 1 is 0.657 bits per heavy atom. The normalized spacial score (nSPS) is 13.8. The zero-order valence-corrected chi connectivity index (χ0v) is 23.2. The molecule has 0 saturated heterocycles. The summed E-state index contributed by atoms with van der Waals surface area (Å²) in [6.07, 6.45) is 2.82. The molecule has 5 nitrogen and oxygen atoms in total. The van der Waals surface area contributed by atoms with Gasteiger partial charge in [-0.05, 0) is 45.9 Å². The lowest BCUT2D eigenvalue weighted by atomic mass is 9.93. The average molecular weight is 478 g/mol. The van der Waals surface area contributed by atoms with E-state index in [2.05, 4.69) is 96.8 Å². The Kier molecular flexibility index (Phi) is 10.8. The van der Waals surface area contributed by atoms with Gasteiger partial charge >= 0.3 is 0 Å². The van der Waals surface area contributed by atoms with Crippen LogP contribution in [0.4, 0.5) is 11.4 Å². The number of methoxy groups -OCH3 is 2. The van der Waals surface area contributed by atoms with E-state index in [0.717, 1.165) is 11.4 Å². The van der Waals surface area contributed by atoms with Crippen LogP contribution in [0.1, 0.15) is 101 Å². The zero-order valence-electron chi connectivity index (χ0n) is 23.2. The van der Waals surface area contributed by atoms with E-state index in [1.807, 2.05) is 0 Å². The van der Waals surface area contributed by atoms with Crippen LogP contribution < -0.4 is 0 Å². The fourth-order valence-electron chi connectivity index (χ4n) is 3.99. The maximum absolute atomic E-state index is 5.60. The highest BCUT2D eigenvalue weighted by Crippen LogP contribution is 2.35. The van der Waals surface area contributed by atoms with E-state index in [4.69, 9.17) is 19.5 Å². The summed E-state index contributed by atoms with van der Waals surface area (Å²) in [6, 6.07) is 12.8. The quantitative estimate of drug-likeness (QED) is 0.255. The first-order chi connectivity index (χ1) is 16.6. The molecule has 0 heterocycles. The summed E-state index contributed by atoms with van der Waals surface area (Å²) in [5, 5.41) is 0. The molecule has 5 heteroatoms. The lowest BCUT2D eigenvalue weighted by molar-refractivity contribution is 0.164. The Hall–Kier alpha value is -2.79. The number of rotatable bonds is 10. The number of hydrogen-bond donors (Lipinski definition) is 0. The van der Waals surface area contributed by atoms with Crippen LogP contribution in [-0.4, -0.2) is 38.8 Å². The van der Waals surface area contributed by atoms with Crippen molar-refractivity contribution in [3.8, 4) is 0 Å². The molecule has 1 unspecified atom stereocenters. The van der Waals surface area contributed by atoms with E-state index in [1.165, 1.54) is 22.3 Å². The molecule has 0 aliphatic carbocycles. The Labute approximate surface area is 212 Å². The predicted molar refractivity (Wildman–Crippen MR) is 151 cm³/mol. The fraction of sp³-hybridized carbons (Fsp3) is 0.500. The van der Waals surface area contributed by atoms with Crippen molar-refractivity contribution in [1.29, 1.82) is 0 Å². The van der Waals surface area contributed by atoms with Gasteiger partial charge in [0, 0.05) is 7.11 Å². The monoisotopic (exact) mass is 477 g/mol. The first-order valence-corrected chi connectivity index (χ1v) is 12.6. The van der Waals surface area contributed by atoms with Gasteiger partial charge in [0.25, 0.3) is 0 Å². The first-order valence-electron chi connectivity index (χ1n) is 12.6. The summed E-state index contributed by atoms with van der Waals surface area (Å²) in [4.78, 5) is 14.3. The van der Waals surface area contributed by atoms with Crippen LogP contribution in [-0.2, 0) is 9.47 Å². The molecule has 0 fully saturated rings. The Bertz CT molecular complexity index is 997. The Morgan fingerprint density at radius 2 is 1.06 bits per heavy atom. The van der Waals surface area contributed by atoms with Crippen molar-refractivity contribution in [1.82, 2.24) is 0 Å². The largest absolute Gasteiger partial charge is 0.480 e. The van der Waals surface area contributed by atoms with Crippen molar-refractivity contribution in [3.05, 3.63) is 58.7 Å². The fourth-order valence-corrected chi connectivity index (χ4v) is 3.99. The third kappa shape index (κ3) is 7.60. The van der Waals surface area contributed by atoms with Gasteiger partial charge in [0.1, 0.15) is 0 Å². The van der Waals surface area contributed by atoms with E-state index in [9.17, 15) is 0 Å². The number of aliphatic imine (C=N–C) groups is 3. The second-order valence-corrected chi connectivity index (χ2v) is 10.0.